The summed E-state index contributed by atoms with van der Waals surface area (Å²) in [6.45, 7) is 3.33. The first-order valence-corrected chi connectivity index (χ1v) is 13.4. The van der Waals surface area contributed by atoms with E-state index in [1.165, 1.54) is 41.3 Å². The van der Waals surface area contributed by atoms with E-state index in [0.717, 1.165) is 62.5 Å². The van der Waals surface area contributed by atoms with Crippen molar-refractivity contribution in [2.75, 3.05) is 19.6 Å². The number of hydrogen-bond donors (Lipinski definition) is 1. The lowest BCUT2D eigenvalue weighted by Crippen LogP contribution is -2.37. The summed E-state index contributed by atoms with van der Waals surface area (Å²) in [6.07, 6.45) is 11.5. The van der Waals surface area contributed by atoms with Crippen molar-refractivity contribution in [2.45, 2.75) is 51.0 Å². The van der Waals surface area contributed by atoms with Crippen LogP contribution in [0.15, 0.2) is 54.6 Å². The molecule has 5 rings (SSSR count). The minimum Gasteiger partial charge on any atom is -0.350 e. The third-order valence-corrected chi connectivity index (χ3v) is 8.17. The number of aryl methyl sites for hydroxylation is 1. The zero-order valence-corrected chi connectivity index (χ0v) is 22.5. The second-order valence-corrected chi connectivity index (χ2v) is 10.5. The van der Waals surface area contributed by atoms with Gasteiger partial charge in [-0.15, -0.1) is 12.4 Å². The van der Waals surface area contributed by atoms with Crippen molar-refractivity contribution in [1.82, 2.24) is 14.8 Å². The van der Waals surface area contributed by atoms with Gasteiger partial charge in [0.2, 0.25) is 5.91 Å². The van der Waals surface area contributed by atoms with Crippen LogP contribution >= 0.6 is 12.4 Å². The lowest BCUT2D eigenvalue weighted by atomic mass is 9.84. The van der Waals surface area contributed by atoms with Crippen LogP contribution in [-0.4, -0.2) is 41.1 Å². The maximum atomic E-state index is 12.6. The number of carbonyl (C=O) groups is 1. The average molecular weight is 517 g/mol. The number of rotatable bonds is 6. The maximum absolute atomic E-state index is 12.6. The molecule has 3 aromatic rings. The molecular weight excluding hydrogens is 480 g/mol. The predicted molar refractivity (Wildman–Crippen MR) is 153 cm³/mol. The number of para-hydroxylation sites is 1. The molecule has 1 saturated carbocycles. The second-order valence-electron chi connectivity index (χ2n) is 10.5. The smallest absolute Gasteiger partial charge is 0.244 e. The van der Waals surface area contributed by atoms with Crippen LogP contribution in [0, 0.1) is 17.2 Å². The molecule has 2 aliphatic rings. The molecule has 2 heterocycles. The van der Waals surface area contributed by atoms with E-state index in [1.807, 2.05) is 31.3 Å². The van der Waals surface area contributed by atoms with Crippen LogP contribution in [0.5, 0.6) is 0 Å². The Hall–Kier alpha value is -3.07. The Morgan fingerprint density at radius 3 is 2.57 bits per heavy atom. The first-order chi connectivity index (χ1) is 17.6. The highest BCUT2D eigenvalue weighted by molar-refractivity contribution is 5.93. The van der Waals surface area contributed by atoms with Gasteiger partial charge in [-0.3, -0.25) is 4.79 Å². The van der Waals surface area contributed by atoms with Crippen molar-refractivity contribution < 1.29 is 4.79 Å². The number of nitrogens with zero attached hydrogens (tertiary/aromatic N) is 3. The van der Waals surface area contributed by atoms with E-state index >= 15 is 0 Å². The van der Waals surface area contributed by atoms with Crippen molar-refractivity contribution >= 4 is 35.3 Å². The largest absolute Gasteiger partial charge is 0.350 e. The highest BCUT2D eigenvalue weighted by Gasteiger charge is 2.23. The van der Waals surface area contributed by atoms with Crippen molar-refractivity contribution in [3.05, 3.63) is 77.0 Å². The summed E-state index contributed by atoms with van der Waals surface area (Å²) >= 11 is 0. The molecule has 0 bridgehead atoms. The summed E-state index contributed by atoms with van der Waals surface area (Å²) in [4.78, 5) is 15.2. The Kier molecular flexibility index (Phi) is 9.08. The molecule has 1 aromatic heterocycles. The minimum atomic E-state index is 0. The van der Waals surface area contributed by atoms with Gasteiger partial charge in [-0.1, -0.05) is 24.3 Å². The predicted octanol–water partition coefficient (Wildman–Crippen LogP) is 5.65. The van der Waals surface area contributed by atoms with Crippen molar-refractivity contribution in [3.63, 3.8) is 0 Å². The molecule has 1 aliphatic heterocycles. The molecule has 194 valence electrons. The summed E-state index contributed by atoms with van der Waals surface area (Å²) in [7, 11) is 2.04. The van der Waals surface area contributed by atoms with Gasteiger partial charge >= 0.3 is 0 Å². The van der Waals surface area contributed by atoms with E-state index in [9.17, 15) is 10.1 Å². The van der Waals surface area contributed by atoms with Gasteiger partial charge in [-0.2, -0.15) is 5.26 Å². The number of nitriles is 1. The summed E-state index contributed by atoms with van der Waals surface area (Å²) in [5, 5.41) is 13.6. The van der Waals surface area contributed by atoms with Crippen LogP contribution in [0.2, 0.25) is 0 Å². The fourth-order valence-electron chi connectivity index (χ4n) is 5.91. The van der Waals surface area contributed by atoms with Gasteiger partial charge in [0.05, 0.1) is 11.6 Å². The van der Waals surface area contributed by atoms with E-state index in [0.29, 0.717) is 0 Å². The van der Waals surface area contributed by atoms with Gasteiger partial charge < -0.3 is 14.8 Å². The monoisotopic (exact) mass is 516 g/mol. The number of fused-ring (bicyclic) bond motifs is 2. The molecule has 0 unspecified atom stereocenters. The van der Waals surface area contributed by atoms with Crippen LogP contribution in [0.25, 0.3) is 17.0 Å². The quantitative estimate of drug-likeness (QED) is 0.430. The van der Waals surface area contributed by atoms with Gasteiger partial charge in [0.15, 0.2) is 0 Å². The SMILES string of the molecule is Cl.Cn1c(/C=C/C(=O)NC2CCC(CCN3CCc4ccc(C#N)cc4CC3)CC2)cc2ccccc21. The summed E-state index contributed by atoms with van der Waals surface area (Å²) in [5.74, 6) is 0.757. The lowest BCUT2D eigenvalue weighted by molar-refractivity contribution is -0.117. The van der Waals surface area contributed by atoms with Crippen molar-refractivity contribution in [2.24, 2.45) is 13.0 Å². The highest BCUT2D eigenvalue weighted by atomic mass is 35.5. The summed E-state index contributed by atoms with van der Waals surface area (Å²) in [6, 6.07) is 19.1. The standard InChI is InChI=1S/C31H36N4O.ClH/c1-34-29(21-27-4-2-3-5-30(27)34)12-13-31(36)33-28-10-7-23(8-11-28)14-17-35-18-15-25-9-6-24(22-32)20-26(25)16-19-35;/h2-6,9,12-13,20-21,23,28H,7-8,10-11,14-19H2,1H3,(H,33,36);1H/b13-12+;. The molecule has 37 heavy (non-hydrogen) atoms. The van der Waals surface area contributed by atoms with Gasteiger partial charge in [0.25, 0.3) is 0 Å². The number of aromatic nitrogens is 1. The molecule has 5 nitrogen and oxygen atoms in total. The number of benzene rings is 2. The van der Waals surface area contributed by atoms with Gasteiger partial charge in [0.1, 0.15) is 0 Å². The van der Waals surface area contributed by atoms with Crippen molar-refractivity contribution in [1.29, 1.82) is 5.26 Å². The van der Waals surface area contributed by atoms with Crippen LogP contribution < -0.4 is 5.32 Å². The van der Waals surface area contributed by atoms with Crippen molar-refractivity contribution in [3.8, 4) is 6.07 Å². The minimum absolute atomic E-state index is 0. The second kappa shape index (κ2) is 12.4. The number of hydrogen-bond acceptors (Lipinski definition) is 3. The van der Waals surface area contributed by atoms with E-state index < -0.39 is 0 Å². The fraction of sp³-hybridized carbons (Fsp3) is 0.419. The normalized spacial score (nSPS) is 20.1. The molecule has 0 atom stereocenters. The maximum Gasteiger partial charge on any atom is 0.244 e. The summed E-state index contributed by atoms with van der Waals surface area (Å²) < 4.78 is 2.12. The molecule has 1 amide bonds. The lowest BCUT2D eigenvalue weighted by Gasteiger charge is -2.30. The number of halogens is 1. The van der Waals surface area contributed by atoms with Gasteiger partial charge in [-0.25, -0.2) is 0 Å². The molecule has 1 aliphatic carbocycles. The average Bonchev–Trinajstić information content (AvgIpc) is 3.09. The zero-order valence-electron chi connectivity index (χ0n) is 21.7. The van der Waals surface area contributed by atoms with Crippen LogP contribution in [0.1, 0.15) is 54.5 Å². The van der Waals surface area contributed by atoms with E-state index in [4.69, 9.17) is 0 Å². The Labute approximate surface area is 226 Å². The Morgan fingerprint density at radius 2 is 1.81 bits per heavy atom. The van der Waals surface area contributed by atoms with E-state index in [-0.39, 0.29) is 24.4 Å². The third kappa shape index (κ3) is 6.63. The molecule has 0 spiro atoms. The Morgan fingerprint density at radius 1 is 1.05 bits per heavy atom. The summed E-state index contributed by atoms with van der Waals surface area (Å²) in [5.41, 5.74) is 5.74. The molecule has 1 fully saturated rings. The zero-order chi connectivity index (χ0) is 24.9. The topological polar surface area (TPSA) is 61.1 Å². The van der Waals surface area contributed by atoms with Gasteiger partial charge in [0, 0.05) is 48.9 Å². The van der Waals surface area contributed by atoms with Crippen LogP contribution in [0.3, 0.4) is 0 Å². The fourth-order valence-corrected chi connectivity index (χ4v) is 5.91. The van der Waals surface area contributed by atoms with Gasteiger partial charge in [-0.05, 0) is 98.9 Å². The molecule has 1 N–H and O–H groups in total. The molecule has 6 heteroatoms. The van der Waals surface area contributed by atoms with Crippen LogP contribution in [-0.2, 0) is 24.7 Å². The number of amides is 1. The van der Waals surface area contributed by atoms with E-state index in [2.05, 4.69) is 51.2 Å². The Bertz CT molecular complexity index is 1300. The molecule has 0 radical (unpaired) electrons. The van der Waals surface area contributed by atoms with Crippen LogP contribution in [0.4, 0.5) is 0 Å². The molecule has 0 saturated heterocycles. The third-order valence-electron chi connectivity index (χ3n) is 8.17. The Balaban J connectivity index is 0.00000320. The molecular formula is C31H37ClN4O. The van der Waals surface area contributed by atoms with E-state index in [1.54, 1.807) is 6.08 Å². The highest BCUT2D eigenvalue weighted by Crippen LogP contribution is 2.28. The first-order valence-electron chi connectivity index (χ1n) is 13.4. The first kappa shape index (κ1) is 27.0. The molecule has 2 aromatic carbocycles. The number of nitrogens with one attached hydrogen (secondary N) is 1. The number of carbonyl (C=O) groups excluding carboxylic acids is 1.